The maximum atomic E-state index is 5.57. The molecule has 0 N–H and O–H groups in total. The van der Waals surface area contributed by atoms with Crippen LogP contribution in [0.15, 0.2) is 24.5 Å². The lowest BCUT2D eigenvalue weighted by molar-refractivity contribution is 0.395. The minimum Gasteiger partial charge on any atom is -0.480 e. The third-order valence-electron chi connectivity index (χ3n) is 4.31. The lowest BCUT2D eigenvalue weighted by Gasteiger charge is -2.13. The quantitative estimate of drug-likeness (QED) is 0.744. The zero-order valence-corrected chi connectivity index (χ0v) is 13.0. The van der Waals surface area contributed by atoms with Gasteiger partial charge in [-0.1, -0.05) is 0 Å². The molecule has 0 spiro atoms. The molecule has 5 nitrogen and oxygen atoms in total. The van der Waals surface area contributed by atoms with E-state index >= 15 is 0 Å². The third kappa shape index (κ3) is 1.96. The second-order valence-corrected chi connectivity index (χ2v) is 5.85. The Morgan fingerprint density at radius 1 is 1.27 bits per heavy atom. The Morgan fingerprint density at radius 2 is 2.09 bits per heavy atom. The van der Waals surface area contributed by atoms with Crippen LogP contribution >= 0.6 is 0 Å². The molecule has 0 radical (unpaired) electrons. The summed E-state index contributed by atoms with van der Waals surface area (Å²) in [6.07, 6.45) is 6.05. The van der Waals surface area contributed by atoms with Crippen molar-refractivity contribution >= 4 is 10.9 Å². The van der Waals surface area contributed by atoms with Gasteiger partial charge in [0.25, 0.3) is 0 Å². The predicted molar refractivity (Wildman–Crippen MR) is 85.0 cm³/mol. The molecular weight excluding hydrogens is 276 g/mol. The highest BCUT2D eigenvalue weighted by Gasteiger charge is 2.29. The monoisotopic (exact) mass is 294 g/mol. The summed E-state index contributed by atoms with van der Waals surface area (Å²) in [4.78, 5) is 13.6. The van der Waals surface area contributed by atoms with Crippen molar-refractivity contribution in [3.63, 3.8) is 0 Å². The fourth-order valence-electron chi connectivity index (χ4n) is 2.95. The average Bonchev–Trinajstić information content (AvgIpc) is 3.32. The molecule has 0 unspecified atom stereocenters. The number of methoxy groups -OCH3 is 1. The molecule has 0 aliphatic heterocycles. The standard InChI is InChI=1S/C17H18N4O/c1-10-15(17(22-3)20-16(19-10)11-4-5-11)13-8-12-6-7-18-9-14(12)21(13)2/h6-9,11H,4-5H2,1-3H3. The molecule has 0 amide bonds. The largest absolute Gasteiger partial charge is 0.480 e. The average molecular weight is 294 g/mol. The van der Waals surface area contributed by atoms with Crippen LogP contribution in [0.4, 0.5) is 0 Å². The van der Waals surface area contributed by atoms with Crippen molar-refractivity contribution in [3.05, 3.63) is 36.0 Å². The van der Waals surface area contributed by atoms with Gasteiger partial charge in [-0.2, -0.15) is 4.98 Å². The van der Waals surface area contributed by atoms with Crippen molar-refractivity contribution in [2.24, 2.45) is 7.05 Å². The van der Waals surface area contributed by atoms with Crippen LogP contribution in [0.1, 0.15) is 30.3 Å². The van der Waals surface area contributed by atoms with Gasteiger partial charge in [0.2, 0.25) is 5.88 Å². The second-order valence-electron chi connectivity index (χ2n) is 5.85. The van der Waals surface area contributed by atoms with Crippen LogP contribution in [-0.2, 0) is 7.05 Å². The van der Waals surface area contributed by atoms with Gasteiger partial charge in [0.1, 0.15) is 5.82 Å². The fraction of sp³-hybridized carbons (Fsp3) is 0.353. The number of pyridine rings is 1. The molecule has 22 heavy (non-hydrogen) atoms. The van der Waals surface area contributed by atoms with E-state index in [0.717, 1.165) is 33.7 Å². The number of aryl methyl sites for hydroxylation is 2. The normalized spacial score (nSPS) is 14.5. The number of aromatic nitrogens is 4. The zero-order chi connectivity index (χ0) is 15.3. The Morgan fingerprint density at radius 3 is 2.77 bits per heavy atom. The summed E-state index contributed by atoms with van der Waals surface area (Å²) < 4.78 is 7.69. The van der Waals surface area contributed by atoms with Gasteiger partial charge >= 0.3 is 0 Å². The van der Waals surface area contributed by atoms with Crippen LogP contribution in [0.3, 0.4) is 0 Å². The third-order valence-corrected chi connectivity index (χ3v) is 4.31. The topological polar surface area (TPSA) is 52.8 Å². The zero-order valence-electron chi connectivity index (χ0n) is 13.0. The van der Waals surface area contributed by atoms with E-state index in [4.69, 9.17) is 9.72 Å². The Hall–Kier alpha value is -2.43. The second kappa shape index (κ2) is 4.80. The van der Waals surface area contributed by atoms with Crippen LogP contribution in [0.2, 0.25) is 0 Å². The van der Waals surface area contributed by atoms with E-state index < -0.39 is 0 Å². The molecule has 0 atom stereocenters. The smallest absolute Gasteiger partial charge is 0.226 e. The molecular formula is C17H18N4O. The molecule has 3 aromatic rings. The first-order valence-corrected chi connectivity index (χ1v) is 7.51. The van der Waals surface area contributed by atoms with Crippen LogP contribution < -0.4 is 4.74 Å². The Kier molecular flexibility index (Phi) is 2.89. The molecule has 3 aromatic heterocycles. The van der Waals surface area contributed by atoms with Crippen LogP contribution in [-0.4, -0.2) is 26.6 Å². The van der Waals surface area contributed by atoms with Crippen LogP contribution in [0.25, 0.3) is 22.2 Å². The van der Waals surface area contributed by atoms with E-state index in [1.807, 2.05) is 32.4 Å². The van der Waals surface area contributed by atoms with E-state index in [-0.39, 0.29) is 0 Å². The lowest BCUT2D eigenvalue weighted by atomic mass is 10.1. The van der Waals surface area contributed by atoms with E-state index in [1.165, 1.54) is 12.8 Å². The van der Waals surface area contributed by atoms with Crippen LogP contribution in [0, 0.1) is 6.92 Å². The van der Waals surface area contributed by atoms with E-state index in [9.17, 15) is 0 Å². The molecule has 0 bridgehead atoms. The summed E-state index contributed by atoms with van der Waals surface area (Å²) in [6, 6.07) is 4.15. The van der Waals surface area contributed by atoms with Gasteiger partial charge in [0.15, 0.2) is 0 Å². The highest BCUT2D eigenvalue weighted by molar-refractivity contribution is 5.87. The summed E-state index contributed by atoms with van der Waals surface area (Å²) in [5.41, 5.74) is 4.07. The molecule has 112 valence electrons. The van der Waals surface area contributed by atoms with Crippen molar-refractivity contribution in [3.8, 4) is 17.1 Å². The molecule has 0 saturated heterocycles. The maximum absolute atomic E-state index is 5.57. The Balaban J connectivity index is 1.95. The Bertz CT molecular complexity index is 864. The first-order valence-electron chi connectivity index (χ1n) is 7.51. The lowest BCUT2D eigenvalue weighted by Crippen LogP contribution is -2.04. The molecule has 1 saturated carbocycles. The molecule has 3 heterocycles. The van der Waals surface area contributed by atoms with Gasteiger partial charge in [0, 0.05) is 24.5 Å². The first kappa shape index (κ1) is 13.2. The minimum atomic E-state index is 0.512. The number of hydrogen-bond acceptors (Lipinski definition) is 4. The summed E-state index contributed by atoms with van der Waals surface area (Å²) in [5, 5.41) is 1.15. The predicted octanol–water partition coefficient (Wildman–Crippen LogP) is 3.22. The molecule has 1 aliphatic rings. The van der Waals surface area contributed by atoms with E-state index in [0.29, 0.717) is 11.8 Å². The molecule has 1 aliphatic carbocycles. The summed E-state index contributed by atoms with van der Waals surface area (Å²) in [6.45, 7) is 2.03. The van der Waals surface area contributed by atoms with Crippen molar-refractivity contribution in [1.29, 1.82) is 0 Å². The number of ether oxygens (including phenoxy) is 1. The molecule has 4 rings (SSSR count). The van der Waals surface area contributed by atoms with Gasteiger partial charge in [-0.15, -0.1) is 0 Å². The van der Waals surface area contributed by atoms with Crippen molar-refractivity contribution in [1.82, 2.24) is 19.5 Å². The van der Waals surface area contributed by atoms with Gasteiger partial charge < -0.3 is 9.30 Å². The SMILES string of the molecule is COc1nc(C2CC2)nc(C)c1-c1cc2ccncc2n1C. The van der Waals surface area contributed by atoms with Crippen molar-refractivity contribution < 1.29 is 4.74 Å². The number of hydrogen-bond donors (Lipinski definition) is 0. The minimum absolute atomic E-state index is 0.512. The first-order chi connectivity index (χ1) is 10.7. The number of fused-ring (bicyclic) bond motifs is 1. The van der Waals surface area contributed by atoms with Gasteiger partial charge in [-0.3, -0.25) is 4.98 Å². The summed E-state index contributed by atoms with van der Waals surface area (Å²) >= 11 is 0. The summed E-state index contributed by atoms with van der Waals surface area (Å²) in [5.74, 6) is 2.09. The van der Waals surface area contributed by atoms with Crippen molar-refractivity contribution in [2.45, 2.75) is 25.7 Å². The van der Waals surface area contributed by atoms with Crippen LogP contribution in [0.5, 0.6) is 5.88 Å². The number of rotatable bonds is 3. The highest BCUT2D eigenvalue weighted by Crippen LogP contribution is 2.41. The summed E-state index contributed by atoms with van der Waals surface area (Å²) in [7, 11) is 3.71. The van der Waals surface area contributed by atoms with E-state index in [2.05, 4.69) is 20.6 Å². The van der Waals surface area contributed by atoms with Crippen molar-refractivity contribution in [2.75, 3.05) is 7.11 Å². The fourth-order valence-corrected chi connectivity index (χ4v) is 2.95. The Labute approximate surface area is 129 Å². The van der Waals surface area contributed by atoms with Gasteiger partial charge in [-0.25, -0.2) is 4.98 Å². The van der Waals surface area contributed by atoms with Gasteiger partial charge in [-0.05, 0) is 31.9 Å². The molecule has 0 aromatic carbocycles. The number of nitrogens with zero attached hydrogens (tertiary/aromatic N) is 4. The van der Waals surface area contributed by atoms with E-state index in [1.54, 1.807) is 7.11 Å². The highest BCUT2D eigenvalue weighted by atomic mass is 16.5. The molecule has 5 heteroatoms. The van der Waals surface area contributed by atoms with Gasteiger partial charge in [0.05, 0.1) is 35.8 Å². The molecule has 1 fully saturated rings. The maximum Gasteiger partial charge on any atom is 0.226 e.